The summed E-state index contributed by atoms with van der Waals surface area (Å²) in [5.41, 5.74) is 10.6. The molecule has 1 aromatic rings. The quantitative estimate of drug-likeness (QED) is 0.787. The van der Waals surface area contributed by atoms with E-state index < -0.39 is 0 Å². The first-order chi connectivity index (χ1) is 7.11. The maximum atomic E-state index is 6.34. The van der Waals surface area contributed by atoms with Gasteiger partial charge in [0.05, 0.1) is 0 Å². The molecule has 2 unspecified atom stereocenters. The third-order valence-corrected chi connectivity index (χ3v) is 4.91. The first-order valence-corrected chi connectivity index (χ1v) is 6.61. The number of rotatable bonds is 1. The lowest BCUT2D eigenvalue weighted by Crippen LogP contribution is -2.32. The molecule has 0 spiro atoms. The van der Waals surface area contributed by atoms with Crippen molar-refractivity contribution in [3.8, 4) is 0 Å². The second-order valence-corrected chi connectivity index (χ2v) is 5.85. The molecule has 0 radical (unpaired) electrons. The summed E-state index contributed by atoms with van der Waals surface area (Å²) in [6.45, 7) is 6.71. The second-order valence-electron chi connectivity index (χ2n) is 4.69. The smallest absolute Gasteiger partial charge is 0.0421 e. The lowest BCUT2D eigenvalue weighted by Gasteiger charge is -2.33. The maximum Gasteiger partial charge on any atom is 0.0421 e. The molecule has 1 nitrogen and oxygen atoms in total. The number of benzene rings is 1. The zero-order valence-corrected chi connectivity index (χ0v) is 10.5. The third-order valence-electron chi connectivity index (χ3n) is 3.24. The van der Waals surface area contributed by atoms with E-state index in [-0.39, 0.29) is 6.04 Å². The van der Waals surface area contributed by atoms with Crippen LogP contribution in [-0.2, 0) is 5.75 Å². The Bertz CT molecular complexity index is 360. The highest BCUT2D eigenvalue weighted by Gasteiger charge is 2.29. The minimum atomic E-state index is 0.207. The molecule has 1 heterocycles. The van der Waals surface area contributed by atoms with E-state index in [0.29, 0.717) is 11.2 Å². The van der Waals surface area contributed by atoms with Gasteiger partial charge in [-0.05, 0) is 29.5 Å². The molecule has 2 rings (SSSR count). The van der Waals surface area contributed by atoms with Gasteiger partial charge in [-0.25, -0.2) is 0 Å². The Morgan fingerprint density at radius 2 is 2.13 bits per heavy atom. The molecule has 15 heavy (non-hydrogen) atoms. The van der Waals surface area contributed by atoms with Crippen LogP contribution in [0.25, 0.3) is 0 Å². The summed E-state index contributed by atoms with van der Waals surface area (Å²) < 4.78 is 0. The summed E-state index contributed by atoms with van der Waals surface area (Å²) in [7, 11) is 0. The van der Waals surface area contributed by atoms with Crippen molar-refractivity contribution in [3.63, 3.8) is 0 Å². The summed E-state index contributed by atoms with van der Waals surface area (Å²) in [5.74, 6) is 1.78. The van der Waals surface area contributed by atoms with Crippen LogP contribution in [0, 0.1) is 12.8 Å². The average Bonchev–Trinajstić information content (AvgIpc) is 2.19. The van der Waals surface area contributed by atoms with Gasteiger partial charge in [-0.2, -0.15) is 11.8 Å². The molecule has 1 aliphatic rings. The largest absolute Gasteiger partial charge is 0.323 e. The number of hydrogen-bond acceptors (Lipinski definition) is 2. The van der Waals surface area contributed by atoms with Crippen molar-refractivity contribution in [2.75, 3.05) is 0 Å². The van der Waals surface area contributed by atoms with E-state index in [1.165, 1.54) is 16.7 Å². The molecular formula is C13H19NS. The first-order valence-electron chi connectivity index (χ1n) is 5.57. The van der Waals surface area contributed by atoms with Crippen LogP contribution in [0.4, 0.5) is 0 Å². The van der Waals surface area contributed by atoms with Gasteiger partial charge < -0.3 is 5.73 Å². The predicted molar refractivity (Wildman–Crippen MR) is 68.0 cm³/mol. The van der Waals surface area contributed by atoms with Gasteiger partial charge in [0.25, 0.3) is 0 Å². The molecule has 0 saturated carbocycles. The van der Waals surface area contributed by atoms with Crippen LogP contribution in [0.5, 0.6) is 0 Å². The highest BCUT2D eigenvalue weighted by atomic mass is 32.2. The average molecular weight is 221 g/mol. The molecule has 82 valence electrons. The van der Waals surface area contributed by atoms with E-state index in [1.54, 1.807) is 0 Å². The first kappa shape index (κ1) is 11.0. The van der Waals surface area contributed by atoms with Crippen molar-refractivity contribution in [1.82, 2.24) is 0 Å². The van der Waals surface area contributed by atoms with Crippen LogP contribution in [0.2, 0.25) is 0 Å². The fourth-order valence-corrected chi connectivity index (χ4v) is 3.79. The van der Waals surface area contributed by atoms with Crippen LogP contribution in [-0.4, -0.2) is 5.25 Å². The molecule has 0 bridgehead atoms. The Hall–Kier alpha value is -0.470. The van der Waals surface area contributed by atoms with Gasteiger partial charge in [-0.15, -0.1) is 0 Å². The lowest BCUT2D eigenvalue weighted by molar-refractivity contribution is 0.520. The summed E-state index contributed by atoms with van der Waals surface area (Å²) in [6, 6.07) is 6.71. The molecule has 0 amide bonds. The number of nitrogens with two attached hydrogens (primary N) is 1. The highest BCUT2D eigenvalue weighted by Crippen LogP contribution is 2.40. The Morgan fingerprint density at radius 1 is 1.40 bits per heavy atom. The fraction of sp³-hybridized carbons (Fsp3) is 0.538. The van der Waals surface area contributed by atoms with Crippen LogP contribution in [0.1, 0.15) is 36.6 Å². The zero-order valence-electron chi connectivity index (χ0n) is 9.66. The fourth-order valence-electron chi connectivity index (χ4n) is 2.30. The Morgan fingerprint density at radius 3 is 2.80 bits per heavy atom. The van der Waals surface area contributed by atoms with Crippen LogP contribution in [0.15, 0.2) is 18.2 Å². The minimum absolute atomic E-state index is 0.207. The summed E-state index contributed by atoms with van der Waals surface area (Å²) in [5, 5.41) is 0.569. The topological polar surface area (TPSA) is 26.0 Å². The highest BCUT2D eigenvalue weighted by molar-refractivity contribution is 7.99. The van der Waals surface area contributed by atoms with Gasteiger partial charge in [0.15, 0.2) is 0 Å². The number of aryl methyl sites for hydroxylation is 1. The van der Waals surface area contributed by atoms with Crippen molar-refractivity contribution in [2.24, 2.45) is 11.7 Å². The van der Waals surface area contributed by atoms with E-state index >= 15 is 0 Å². The van der Waals surface area contributed by atoms with Crippen molar-refractivity contribution in [2.45, 2.75) is 37.8 Å². The predicted octanol–water partition coefficient (Wildman–Crippen LogP) is 3.27. The molecule has 2 N–H and O–H groups in total. The van der Waals surface area contributed by atoms with Gasteiger partial charge >= 0.3 is 0 Å². The third kappa shape index (κ3) is 1.93. The van der Waals surface area contributed by atoms with Crippen molar-refractivity contribution >= 4 is 11.8 Å². The van der Waals surface area contributed by atoms with Crippen molar-refractivity contribution < 1.29 is 0 Å². The number of fused-ring (bicyclic) bond motifs is 1. The van der Waals surface area contributed by atoms with Gasteiger partial charge in [0.2, 0.25) is 0 Å². The summed E-state index contributed by atoms with van der Waals surface area (Å²) >= 11 is 2.01. The molecule has 0 aromatic heterocycles. The van der Waals surface area contributed by atoms with Crippen LogP contribution in [0.3, 0.4) is 0 Å². The summed E-state index contributed by atoms with van der Waals surface area (Å²) in [4.78, 5) is 0. The molecule has 0 aliphatic carbocycles. The molecule has 1 aliphatic heterocycles. The van der Waals surface area contributed by atoms with Gasteiger partial charge in [-0.3, -0.25) is 0 Å². The SMILES string of the molecule is Cc1cccc2c1CSC(C(C)C)C2N. The lowest BCUT2D eigenvalue weighted by atomic mass is 9.91. The van der Waals surface area contributed by atoms with Crippen molar-refractivity contribution in [3.05, 3.63) is 34.9 Å². The van der Waals surface area contributed by atoms with Gasteiger partial charge in [0.1, 0.15) is 0 Å². The van der Waals surface area contributed by atoms with Crippen LogP contribution >= 0.6 is 11.8 Å². The second kappa shape index (κ2) is 4.18. The summed E-state index contributed by atoms with van der Waals surface area (Å²) in [6.07, 6.45) is 0. The van der Waals surface area contributed by atoms with E-state index in [9.17, 15) is 0 Å². The standard InChI is InChI=1S/C13H19NS/c1-8(2)13-12(14)10-6-4-5-9(3)11(10)7-15-13/h4-6,8,12-13H,7,14H2,1-3H3. The minimum Gasteiger partial charge on any atom is -0.323 e. The van der Waals surface area contributed by atoms with Crippen molar-refractivity contribution in [1.29, 1.82) is 0 Å². The molecule has 0 fully saturated rings. The van der Waals surface area contributed by atoms with E-state index in [2.05, 4.69) is 39.0 Å². The van der Waals surface area contributed by atoms with E-state index in [4.69, 9.17) is 5.73 Å². The molecule has 1 aromatic carbocycles. The van der Waals surface area contributed by atoms with Gasteiger partial charge in [-0.1, -0.05) is 32.0 Å². The molecule has 2 heteroatoms. The molecular weight excluding hydrogens is 202 g/mol. The Labute approximate surface area is 96.4 Å². The zero-order chi connectivity index (χ0) is 11.0. The van der Waals surface area contributed by atoms with E-state index in [0.717, 1.165) is 5.75 Å². The number of thioether (sulfide) groups is 1. The van der Waals surface area contributed by atoms with E-state index in [1.807, 2.05) is 11.8 Å². The number of hydrogen-bond donors (Lipinski definition) is 1. The normalized spacial score (nSPS) is 25.4. The van der Waals surface area contributed by atoms with Crippen LogP contribution < -0.4 is 5.73 Å². The molecule has 2 atom stereocenters. The Kier molecular flexibility index (Phi) is 3.08. The monoisotopic (exact) mass is 221 g/mol. The maximum absolute atomic E-state index is 6.34. The van der Waals surface area contributed by atoms with Gasteiger partial charge in [0, 0.05) is 17.0 Å². The Balaban J connectivity index is 2.38. The molecule has 0 saturated heterocycles.